The van der Waals surface area contributed by atoms with E-state index in [4.69, 9.17) is 4.74 Å². The van der Waals surface area contributed by atoms with Crippen LogP contribution in [0.5, 0.6) is 0 Å². The molecule has 0 spiro atoms. The molecule has 2 N–H and O–H groups in total. The molecule has 2 aliphatic rings. The van der Waals surface area contributed by atoms with Crippen molar-refractivity contribution in [2.24, 2.45) is 0 Å². The van der Waals surface area contributed by atoms with Crippen LogP contribution in [-0.4, -0.2) is 39.6 Å². The van der Waals surface area contributed by atoms with Gasteiger partial charge in [-0.15, -0.1) is 0 Å². The number of sulfonamides is 1. The first kappa shape index (κ1) is 17.4. The van der Waals surface area contributed by atoms with Gasteiger partial charge in [0.15, 0.2) is 0 Å². The van der Waals surface area contributed by atoms with Crippen molar-refractivity contribution in [3.05, 3.63) is 29.8 Å². The Morgan fingerprint density at radius 3 is 2.42 bits per heavy atom. The maximum Gasteiger partial charge on any atom is 0.251 e. The van der Waals surface area contributed by atoms with Crippen LogP contribution in [0.25, 0.3) is 0 Å². The first-order chi connectivity index (χ1) is 11.5. The molecular formula is C17H24N2O4S. The molecule has 6 nitrogen and oxygen atoms in total. The molecule has 3 rings (SSSR count). The lowest BCUT2D eigenvalue weighted by Gasteiger charge is -2.13. The van der Waals surface area contributed by atoms with Gasteiger partial charge in [0.25, 0.3) is 5.91 Å². The molecule has 0 unspecified atom stereocenters. The number of rotatable bonds is 6. The summed E-state index contributed by atoms with van der Waals surface area (Å²) in [5, 5.41) is 3.00. The summed E-state index contributed by atoms with van der Waals surface area (Å²) in [6.45, 7) is 0.976. The van der Waals surface area contributed by atoms with Gasteiger partial charge < -0.3 is 10.1 Å². The standard InChI is InChI=1S/C17H24N2O4S/c20-17(19-14-4-1-2-5-14)13-7-9-16(10-8-13)24(21,22)18-12-15-6-3-11-23-15/h7-10,14-15,18H,1-6,11-12H2,(H,19,20)/t15-/m1/s1. The molecule has 1 saturated heterocycles. The SMILES string of the molecule is O=C(NC1CCCC1)c1ccc(S(=O)(=O)NC[C@H]2CCCO2)cc1. The Morgan fingerprint density at radius 1 is 1.08 bits per heavy atom. The average molecular weight is 352 g/mol. The molecule has 0 bridgehead atoms. The second kappa shape index (κ2) is 7.63. The Hall–Kier alpha value is -1.44. The molecule has 1 heterocycles. The van der Waals surface area contributed by atoms with Gasteiger partial charge >= 0.3 is 0 Å². The molecular weight excluding hydrogens is 328 g/mol. The summed E-state index contributed by atoms with van der Waals surface area (Å²) < 4.78 is 32.6. The van der Waals surface area contributed by atoms with E-state index in [9.17, 15) is 13.2 Å². The second-order valence-corrected chi connectivity index (χ2v) is 8.23. The molecule has 2 fully saturated rings. The van der Waals surface area contributed by atoms with Crippen LogP contribution >= 0.6 is 0 Å². The number of ether oxygens (including phenoxy) is 1. The van der Waals surface area contributed by atoms with Crippen molar-refractivity contribution < 1.29 is 17.9 Å². The fourth-order valence-electron chi connectivity index (χ4n) is 3.22. The molecule has 0 radical (unpaired) electrons. The van der Waals surface area contributed by atoms with Crippen LogP contribution in [0.2, 0.25) is 0 Å². The van der Waals surface area contributed by atoms with E-state index in [0.29, 0.717) is 12.2 Å². The Morgan fingerprint density at radius 2 is 1.79 bits per heavy atom. The monoisotopic (exact) mass is 352 g/mol. The zero-order chi connectivity index (χ0) is 17.0. The molecule has 132 valence electrons. The van der Waals surface area contributed by atoms with Gasteiger partial charge in [0.05, 0.1) is 11.0 Å². The fourth-order valence-corrected chi connectivity index (χ4v) is 4.28. The number of amides is 1. The predicted molar refractivity (Wildman–Crippen MR) is 90.3 cm³/mol. The minimum atomic E-state index is -3.57. The zero-order valence-electron chi connectivity index (χ0n) is 13.7. The first-order valence-electron chi connectivity index (χ1n) is 8.57. The van der Waals surface area contributed by atoms with Crippen LogP contribution in [0.15, 0.2) is 29.2 Å². The van der Waals surface area contributed by atoms with Crippen LogP contribution in [0.3, 0.4) is 0 Å². The third kappa shape index (κ3) is 4.34. The van der Waals surface area contributed by atoms with Gasteiger partial charge in [-0.3, -0.25) is 4.79 Å². The lowest BCUT2D eigenvalue weighted by atomic mass is 10.2. The van der Waals surface area contributed by atoms with Crippen molar-refractivity contribution in [2.45, 2.75) is 55.6 Å². The van der Waals surface area contributed by atoms with Crippen molar-refractivity contribution in [2.75, 3.05) is 13.2 Å². The largest absolute Gasteiger partial charge is 0.377 e. The van der Waals surface area contributed by atoms with Crippen molar-refractivity contribution in [3.8, 4) is 0 Å². The normalized spacial score (nSPS) is 21.9. The summed E-state index contributed by atoms with van der Waals surface area (Å²) in [4.78, 5) is 12.3. The van der Waals surface area contributed by atoms with E-state index in [0.717, 1.165) is 38.5 Å². The predicted octanol–water partition coefficient (Wildman–Crippen LogP) is 1.82. The first-order valence-corrected chi connectivity index (χ1v) is 10.0. The van der Waals surface area contributed by atoms with Crippen molar-refractivity contribution >= 4 is 15.9 Å². The van der Waals surface area contributed by atoms with E-state index in [2.05, 4.69) is 10.0 Å². The van der Waals surface area contributed by atoms with E-state index < -0.39 is 10.0 Å². The molecule has 1 amide bonds. The maximum atomic E-state index is 12.3. The Kier molecular flexibility index (Phi) is 5.53. The highest BCUT2D eigenvalue weighted by Crippen LogP contribution is 2.19. The van der Waals surface area contributed by atoms with Gasteiger partial charge in [-0.1, -0.05) is 12.8 Å². The number of benzene rings is 1. The summed E-state index contributed by atoms with van der Waals surface area (Å²) in [5.41, 5.74) is 0.486. The van der Waals surface area contributed by atoms with Gasteiger partial charge in [0.2, 0.25) is 10.0 Å². The molecule has 1 aliphatic carbocycles. The van der Waals surface area contributed by atoms with Crippen LogP contribution in [0.4, 0.5) is 0 Å². The van der Waals surface area contributed by atoms with Gasteiger partial charge in [0.1, 0.15) is 0 Å². The highest BCUT2D eigenvalue weighted by molar-refractivity contribution is 7.89. The van der Waals surface area contributed by atoms with Gasteiger partial charge in [-0.2, -0.15) is 0 Å². The summed E-state index contributed by atoms with van der Waals surface area (Å²) in [6.07, 6.45) is 6.14. The molecule has 24 heavy (non-hydrogen) atoms. The van der Waals surface area contributed by atoms with E-state index >= 15 is 0 Å². The minimum absolute atomic E-state index is 0.0452. The lowest BCUT2D eigenvalue weighted by Crippen LogP contribution is -2.33. The van der Waals surface area contributed by atoms with E-state index in [1.54, 1.807) is 12.1 Å². The number of carbonyl (C=O) groups excluding carboxylic acids is 1. The molecule has 1 aliphatic heterocycles. The Balaban J connectivity index is 1.58. The number of hydrogen-bond donors (Lipinski definition) is 2. The molecule has 0 aromatic heterocycles. The lowest BCUT2D eigenvalue weighted by molar-refractivity contribution is 0.0937. The van der Waals surface area contributed by atoms with Gasteiger partial charge in [-0.25, -0.2) is 13.1 Å². The van der Waals surface area contributed by atoms with Gasteiger partial charge in [-0.05, 0) is 49.9 Å². The third-order valence-electron chi connectivity index (χ3n) is 4.64. The van der Waals surface area contributed by atoms with Crippen LogP contribution in [-0.2, 0) is 14.8 Å². The average Bonchev–Trinajstić information content (AvgIpc) is 3.27. The minimum Gasteiger partial charge on any atom is -0.377 e. The molecule has 1 saturated carbocycles. The van der Waals surface area contributed by atoms with Crippen molar-refractivity contribution in [1.82, 2.24) is 10.0 Å². The number of carbonyl (C=O) groups is 1. The van der Waals surface area contributed by atoms with E-state index in [-0.39, 0.29) is 29.5 Å². The van der Waals surface area contributed by atoms with Crippen LogP contribution < -0.4 is 10.0 Å². The Labute approximate surface area is 143 Å². The van der Waals surface area contributed by atoms with Crippen LogP contribution in [0, 0.1) is 0 Å². The molecule has 1 atom stereocenters. The third-order valence-corrected chi connectivity index (χ3v) is 6.08. The van der Waals surface area contributed by atoms with E-state index in [1.165, 1.54) is 12.1 Å². The zero-order valence-corrected chi connectivity index (χ0v) is 14.5. The maximum absolute atomic E-state index is 12.3. The van der Waals surface area contributed by atoms with E-state index in [1.807, 2.05) is 0 Å². The topological polar surface area (TPSA) is 84.5 Å². The smallest absolute Gasteiger partial charge is 0.251 e. The van der Waals surface area contributed by atoms with Crippen LogP contribution in [0.1, 0.15) is 48.9 Å². The summed E-state index contributed by atoms with van der Waals surface area (Å²) in [7, 11) is -3.57. The molecule has 1 aromatic rings. The highest BCUT2D eigenvalue weighted by Gasteiger charge is 2.21. The summed E-state index contributed by atoms with van der Waals surface area (Å²) >= 11 is 0. The fraction of sp³-hybridized carbons (Fsp3) is 0.588. The number of nitrogens with one attached hydrogen (secondary N) is 2. The molecule has 1 aromatic carbocycles. The second-order valence-electron chi connectivity index (χ2n) is 6.47. The highest BCUT2D eigenvalue weighted by atomic mass is 32.2. The molecule has 7 heteroatoms. The van der Waals surface area contributed by atoms with Gasteiger partial charge in [0, 0.05) is 24.8 Å². The quantitative estimate of drug-likeness (QED) is 0.818. The Bertz CT molecular complexity index is 660. The summed E-state index contributed by atoms with van der Waals surface area (Å²) in [5.74, 6) is -0.141. The van der Waals surface area contributed by atoms with Crippen molar-refractivity contribution in [3.63, 3.8) is 0 Å². The summed E-state index contributed by atoms with van der Waals surface area (Å²) in [6, 6.07) is 6.31. The number of hydrogen-bond acceptors (Lipinski definition) is 4. The van der Waals surface area contributed by atoms with Crippen molar-refractivity contribution in [1.29, 1.82) is 0 Å².